The molecule has 1 atom stereocenters. The summed E-state index contributed by atoms with van der Waals surface area (Å²) in [5.74, 6) is -3.57. The van der Waals surface area contributed by atoms with E-state index in [1.165, 1.54) is 0 Å². The molecule has 10 heteroatoms. The van der Waals surface area contributed by atoms with Crippen LogP contribution in [-0.2, 0) is 19.7 Å². The molecule has 0 aromatic rings. The second-order valence-electron chi connectivity index (χ2n) is 2.84. The van der Waals surface area contributed by atoms with E-state index in [2.05, 4.69) is 6.58 Å². The SMILES string of the molecule is C=CCC(CC(=O)O)(C(=O)O)S(=O)(=O)O.N.N. The van der Waals surface area contributed by atoms with Crippen molar-refractivity contribution in [2.24, 2.45) is 0 Å². The van der Waals surface area contributed by atoms with E-state index in [-0.39, 0.29) is 12.3 Å². The van der Waals surface area contributed by atoms with Crippen LogP contribution in [0.3, 0.4) is 0 Å². The summed E-state index contributed by atoms with van der Waals surface area (Å²) in [5, 5.41) is 17.1. The predicted octanol–water partition coefficient (Wildman–Crippen LogP) is 0.0724. The highest BCUT2D eigenvalue weighted by Crippen LogP contribution is 2.26. The Morgan fingerprint density at radius 3 is 1.82 bits per heavy atom. The van der Waals surface area contributed by atoms with Gasteiger partial charge in [0.2, 0.25) is 4.75 Å². The highest BCUT2D eigenvalue weighted by Gasteiger charge is 2.51. The van der Waals surface area contributed by atoms with Crippen LogP contribution in [0.25, 0.3) is 0 Å². The Morgan fingerprint density at radius 2 is 1.65 bits per heavy atom. The quantitative estimate of drug-likeness (QED) is 0.327. The third-order valence-electron chi connectivity index (χ3n) is 1.79. The van der Waals surface area contributed by atoms with Gasteiger partial charge in [-0.25, -0.2) is 0 Å². The average Bonchev–Trinajstić information content (AvgIpc) is 1.99. The molecule has 9 nitrogen and oxygen atoms in total. The second-order valence-corrected chi connectivity index (χ2v) is 4.57. The molecule has 0 aliphatic rings. The van der Waals surface area contributed by atoms with Crippen molar-refractivity contribution < 1.29 is 32.8 Å². The van der Waals surface area contributed by atoms with E-state index in [0.29, 0.717) is 0 Å². The molecule has 1 unspecified atom stereocenters. The van der Waals surface area contributed by atoms with Crippen molar-refractivity contribution in [3.8, 4) is 0 Å². The van der Waals surface area contributed by atoms with Gasteiger partial charge in [0.15, 0.2) is 0 Å². The van der Waals surface area contributed by atoms with Gasteiger partial charge in [-0.3, -0.25) is 14.1 Å². The summed E-state index contributed by atoms with van der Waals surface area (Å²) in [6.07, 6.45) is -0.995. The van der Waals surface area contributed by atoms with E-state index < -0.39 is 39.6 Å². The maximum Gasteiger partial charge on any atom is 0.328 e. The summed E-state index contributed by atoms with van der Waals surface area (Å²) in [7, 11) is -5.03. The molecule has 0 aliphatic carbocycles. The molecule has 0 bridgehead atoms. The Labute approximate surface area is 98.1 Å². The van der Waals surface area contributed by atoms with E-state index in [1.54, 1.807) is 0 Å². The molecule has 0 aromatic heterocycles. The van der Waals surface area contributed by atoms with Crippen LogP contribution in [0.4, 0.5) is 0 Å². The van der Waals surface area contributed by atoms with Crippen LogP contribution in [0.1, 0.15) is 12.8 Å². The number of hydrogen-bond donors (Lipinski definition) is 5. The lowest BCUT2D eigenvalue weighted by Crippen LogP contribution is -2.47. The Bertz CT molecular complexity index is 391. The standard InChI is InChI=1S/C7H10O7S.2H3N/c1-2-3-7(6(10)11,4-5(8)9)15(12,13)14;;/h2H,1,3-4H2,(H,8,9)(H,10,11)(H,12,13,14);2*1H3. The van der Waals surface area contributed by atoms with Gasteiger partial charge in [0, 0.05) is 0 Å². The molecule has 0 radical (unpaired) electrons. The van der Waals surface area contributed by atoms with E-state index in [9.17, 15) is 18.0 Å². The van der Waals surface area contributed by atoms with E-state index in [1.807, 2.05) is 0 Å². The molecule has 0 amide bonds. The Kier molecular flexibility index (Phi) is 8.54. The van der Waals surface area contributed by atoms with Crippen LogP contribution in [0.5, 0.6) is 0 Å². The van der Waals surface area contributed by atoms with Crippen LogP contribution >= 0.6 is 0 Å². The Morgan fingerprint density at radius 1 is 1.24 bits per heavy atom. The maximum absolute atomic E-state index is 10.9. The van der Waals surface area contributed by atoms with Crippen molar-refractivity contribution in [3.63, 3.8) is 0 Å². The number of allylic oxidation sites excluding steroid dienone is 1. The molecular weight excluding hydrogens is 256 g/mol. The molecule has 0 spiro atoms. The van der Waals surface area contributed by atoms with Gasteiger partial charge < -0.3 is 22.5 Å². The van der Waals surface area contributed by atoms with E-state index in [4.69, 9.17) is 14.8 Å². The average molecular weight is 272 g/mol. The van der Waals surface area contributed by atoms with Crippen molar-refractivity contribution in [1.29, 1.82) is 0 Å². The van der Waals surface area contributed by atoms with E-state index >= 15 is 0 Å². The zero-order valence-electron chi connectivity index (χ0n) is 9.00. The van der Waals surface area contributed by atoms with Crippen molar-refractivity contribution in [2.45, 2.75) is 17.6 Å². The fourth-order valence-corrected chi connectivity index (χ4v) is 1.87. The third-order valence-corrected chi connectivity index (χ3v) is 3.27. The van der Waals surface area contributed by atoms with Crippen molar-refractivity contribution >= 4 is 22.1 Å². The molecule has 0 saturated heterocycles. The molecule has 17 heavy (non-hydrogen) atoms. The van der Waals surface area contributed by atoms with Gasteiger partial charge in [-0.05, 0) is 6.42 Å². The number of hydrogen-bond acceptors (Lipinski definition) is 6. The molecular formula is C7H16N2O7S. The van der Waals surface area contributed by atoms with Crippen LogP contribution in [0, 0.1) is 0 Å². The zero-order valence-corrected chi connectivity index (χ0v) is 9.81. The first-order valence-electron chi connectivity index (χ1n) is 3.70. The number of carboxylic acid groups (broad SMARTS) is 2. The maximum atomic E-state index is 10.9. The van der Waals surface area contributed by atoms with E-state index in [0.717, 1.165) is 6.08 Å². The molecule has 102 valence electrons. The first-order valence-corrected chi connectivity index (χ1v) is 5.14. The monoisotopic (exact) mass is 272 g/mol. The van der Waals surface area contributed by atoms with Gasteiger partial charge in [-0.1, -0.05) is 6.08 Å². The summed E-state index contributed by atoms with van der Waals surface area (Å²) in [5.41, 5.74) is 0. The van der Waals surface area contributed by atoms with Crippen molar-refractivity contribution in [1.82, 2.24) is 12.3 Å². The van der Waals surface area contributed by atoms with Gasteiger partial charge >= 0.3 is 11.9 Å². The molecule has 0 heterocycles. The van der Waals surface area contributed by atoms with Gasteiger partial charge in [0.25, 0.3) is 10.1 Å². The molecule has 0 aliphatic heterocycles. The highest BCUT2D eigenvalue weighted by atomic mass is 32.2. The van der Waals surface area contributed by atoms with Crippen LogP contribution in [0.15, 0.2) is 12.7 Å². The summed E-state index contributed by atoms with van der Waals surface area (Å²) >= 11 is 0. The normalized spacial score (nSPS) is 13.5. The topological polar surface area (TPSA) is 199 Å². The summed E-state index contributed by atoms with van der Waals surface area (Å²) in [6.45, 7) is 3.12. The summed E-state index contributed by atoms with van der Waals surface area (Å²) in [6, 6.07) is 0. The smallest absolute Gasteiger partial charge is 0.328 e. The lowest BCUT2D eigenvalue weighted by atomic mass is 10.0. The molecule has 0 rings (SSSR count). The fourth-order valence-electron chi connectivity index (χ4n) is 1.02. The van der Waals surface area contributed by atoms with Gasteiger partial charge in [0.05, 0.1) is 6.42 Å². The number of rotatable bonds is 6. The Balaban J connectivity index is -0.000000980. The number of carbonyl (C=O) groups is 2. The minimum atomic E-state index is -5.03. The first kappa shape index (κ1) is 20.9. The molecule has 9 N–H and O–H groups in total. The fraction of sp³-hybridized carbons (Fsp3) is 0.429. The minimum absolute atomic E-state index is 0. The first-order chi connectivity index (χ1) is 6.67. The van der Waals surface area contributed by atoms with Gasteiger partial charge in [-0.15, -0.1) is 6.58 Å². The predicted molar refractivity (Wildman–Crippen MR) is 59.0 cm³/mol. The molecule has 0 aromatic carbocycles. The highest BCUT2D eigenvalue weighted by molar-refractivity contribution is 7.88. The van der Waals surface area contributed by atoms with Crippen LogP contribution in [0.2, 0.25) is 0 Å². The second kappa shape index (κ2) is 6.96. The lowest BCUT2D eigenvalue weighted by Gasteiger charge is -2.22. The van der Waals surface area contributed by atoms with Gasteiger partial charge in [-0.2, -0.15) is 8.42 Å². The zero-order chi connectivity index (χ0) is 12.3. The Hall–Kier alpha value is -1.49. The summed E-state index contributed by atoms with van der Waals surface area (Å²) in [4.78, 5) is 21.1. The van der Waals surface area contributed by atoms with Gasteiger partial charge in [0.1, 0.15) is 0 Å². The lowest BCUT2D eigenvalue weighted by molar-refractivity contribution is -0.146. The number of aliphatic carboxylic acids is 2. The minimum Gasteiger partial charge on any atom is -0.481 e. The van der Waals surface area contributed by atoms with Crippen molar-refractivity contribution in [3.05, 3.63) is 12.7 Å². The van der Waals surface area contributed by atoms with Crippen LogP contribution in [-0.4, -0.2) is 39.9 Å². The van der Waals surface area contributed by atoms with Crippen molar-refractivity contribution in [2.75, 3.05) is 0 Å². The third kappa shape index (κ3) is 4.48. The summed E-state index contributed by atoms with van der Waals surface area (Å²) < 4.78 is 27.8. The largest absolute Gasteiger partial charge is 0.481 e. The number of carboxylic acids is 2. The molecule has 0 fully saturated rings. The molecule has 0 saturated carbocycles. The van der Waals surface area contributed by atoms with Crippen LogP contribution < -0.4 is 12.3 Å².